The van der Waals surface area contributed by atoms with E-state index in [0.29, 0.717) is 17.6 Å². The van der Waals surface area contributed by atoms with Gasteiger partial charge in [0.1, 0.15) is 5.82 Å². The minimum atomic E-state index is -0.179. The van der Waals surface area contributed by atoms with E-state index in [0.717, 1.165) is 11.9 Å². The molecular weight excluding hydrogens is 259 g/mol. The van der Waals surface area contributed by atoms with Crippen molar-refractivity contribution in [2.75, 3.05) is 11.9 Å². The van der Waals surface area contributed by atoms with Gasteiger partial charge in [-0.05, 0) is 18.9 Å². The van der Waals surface area contributed by atoms with Gasteiger partial charge in [-0.25, -0.2) is 4.39 Å². The van der Waals surface area contributed by atoms with Gasteiger partial charge in [0.15, 0.2) is 0 Å². The van der Waals surface area contributed by atoms with Crippen LogP contribution in [0.15, 0.2) is 24.3 Å². The molecule has 1 nitrogen and oxygen atoms in total. The first kappa shape index (κ1) is 11.1. The normalized spacial score (nSPS) is 17.7. The summed E-state index contributed by atoms with van der Waals surface area (Å²) in [6.07, 6.45) is 2.44. The predicted octanol–water partition coefficient (Wildman–Crippen LogP) is 3.52. The molecule has 1 aliphatic rings. The Balaban J connectivity index is 1.81. The minimum absolute atomic E-state index is 0.179. The van der Waals surface area contributed by atoms with Gasteiger partial charge in [-0.3, -0.25) is 0 Å². The maximum atomic E-state index is 13.2. The van der Waals surface area contributed by atoms with Gasteiger partial charge in [0.2, 0.25) is 0 Å². The lowest BCUT2D eigenvalue weighted by Gasteiger charge is -2.12. The van der Waals surface area contributed by atoms with E-state index in [9.17, 15) is 4.39 Å². The van der Waals surface area contributed by atoms with Gasteiger partial charge in [-0.2, -0.15) is 0 Å². The lowest BCUT2D eigenvalue weighted by molar-refractivity contribution is 0.0841. The van der Waals surface area contributed by atoms with Gasteiger partial charge in [-0.15, -0.1) is 0 Å². The predicted molar refractivity (Wildman–Crippen MR) is 61.5 cm³/mol. The van der Waals surface area contributed by atoms with Crippen LogP contribution >= 0.6 is 15.9 Å². The summed E-state index contributed by atoms with van der Waals surface area (Å²) in [5.74, 6) is -0.179. The van der Waals surface area contributed by atoms with Crippen LogP contribution in [0.3, 0.4) is 0 Å². The van der Waals surface area contributed by atoms with Crippen LogP contribution in [-0.4, -0.2) is 11.9 Å². The molecule has 1 aromatic carbocycles. The van der Waals surface area contributed by atoms with E-state index in [1.807, 2.05) is 6.07 Å². The highest BCUT2D eigenvalue weighted by molar-refractivity contribution is 9.09. The second-order valence-corrected chi connectivity index (χ2v) is 4.78. The quantitative estimate of drug-likeness (QED) is 0.746. The summed E-state index contributed by atoms with van der Waals surface area (Å²) in [4.78, 5) is 0. The van der Waals surface area contributed by atoms with Crippen molar-refractivity contribution in [2.45, 2.75) is 19.4 Å². The fourth-order valence-electron chi connectivity index (χ4n) is 1.49. The maximum Gasteiger partial charge on any atom is 0.128 e. The number of alkyl halides is 1. The summed E-state index contributed by atoms with van der Waals surface area (Å²) < 4.78 is 18.8. The van der Waals surface area contributed by atoms with Gasteiger partial charge in [-0.1, -0.05) is 34.1 Å². The molecule has 1 aromatic rings. The molecule has 3 heteroatoms. The number of hydrogen-bond acceptors (Lipinski definition) is 1. The molecule has 15 heavy (non-hydrogen) atoms. The van der Waals surface area contributed by atoms with Crippen LogP contribution in [0.5, 0.6) is 0 Å². The zero-order chi connectivity index (χ0) is 10.7. The van der Waals surface area contributed by atoms with Gasteiger partial charge < -0.3 is 4.74 Å². The molecule has 82 valence electrons. The monoisotopic (exact) mass is 272 g/mol. The lowest BCUT2D eigenvalue weighted by atomic mass is 10.2. The topological polar surface area (TPSA) is 9.23 Å². The molecule has 2 rings (SSSR count). The Kier molecular flexibility index (Phi) is 3.42. The Morgan fingerprint density at radius 3 is 2.67 bits per heavy atom. The molecular formula is C12H14BrFO. The first-order valence-corrected chi connectivity index (χ1v) is 6.25. The Hall–Kier alpha value is -0.410. The van der Waals surface area contributed by atoms with Gasteiger partial charge in [0.05, 0.1) is 13.2 Å². The average Bonchev–Trinajstić information content (AvgIpc) is 3.02. The molecule has 0 unspecified atom stereocenters. The Labute approximate surface area is 97.8 Å². The Morgan fingerprint density at radius 1 is 1.33 bits per heavy atom. The average molecular weight is 273 g/mol. The number of halogens is 2. The number of benzene rings is 1. The van der Waals surface area contributed by atoms with Crippen molar-refractivity contribution < 1.29 is 9.13 Å². The summed E-state index contributed by atoms with van der Waals surface area (Å²) >= 11 is 3.48. The molecule has 0 radical (unpaired) electrons. The van der Waals surface area contributed by atoms with E-state index >= 15 is 0 Å². The fourth-order valence-corrected chi connectivity index (χ4v) is 2.21. The van der Waals surface area contributed by atoms with Crippen molar-refractivity contribution in [3.8, 4) is 0 Å². The molecule has 0 heterocycles. The molecule has 0 amide bonds. The van der Waals surface area contributed by atoms with Crippen LogP contribution in [0.2, 0.25) is 0 Å². The van der Waals surface area contributed by atoms with E-state index in [1.54, 1.807) is 12.1 Å². The third kappa shape index (κ3) is 2.79. The summed E-state index contributed by atoms with van der Waals surface area (Å²) in [5.41, 5.74) is 0.980. The smallest absolute Gasteiger partial charge is 0.128 e. The Bertz CT molecular complexity index is 336. The highest BCUT2D eigenvalue weighted by atomic mass is 79.9. The van der Waals surface area contributed by atoms with E-state index in [1.165, 1.54) is 18.9 Å². The molecule has 0 bridgehead atoms. The zero-order valence-electron chi connectivity index (χ0n) is 8.51. The van der Waals surface area contributed by atoms with Gasteiger partial charge >= 0.3 is 0 Å². The van der Waals surface area contributed by atoms with E-state index in [-0.39, 0.29) is 5.82 Å². The maximum absolute atomic E-state index is 13.2. The minimum Gasteiger partial charge on any atom is -0.376 e. The number of rotatable bonds is 5. The zero-order valence-corrected chi connectivity index (χ0v) is 10.1. The molecule has 0 aliphatic heterocycles. The summed E-state index contributed by atoms with van der Waals surface area (Å²) in [6, 6.07) is 6.76. The van der Waals surface area contributed by atoms with Crippen molar-refractivity contribution in [1.82, 2.24) is 0 Å². The standard InChI is InChI=1S/C12H14BrFO/c13-8-12(5-6-12)9-15-7-10-3-1-2-4-11(10)14/h1-4H,5-9H2. The van der Waals surface area contributed by atoms with E-state index in [2.05, 4.69) is 15.9 Å². The van der Waals surface area contributed by atoms with Crippen LogP contribution in [0.1, 0.15) is 18.4 Å². The second kappa shape index (κ2) is 4.62. The number of ether oxygens (including phenoxy) is 1. The summed E-state index contributed by atoms with van der Waals surface area (Å²) in [6.45, 7) is 1.11. The molecule has 1 fully saturated rings. The van der Waals surface area contributed by atoms with Gasteiger partial charge in [0.25, 0.3) is 0 Å². The third-order valence-corrected chi connectivity index (χ3v) is 4.05. The molecule has 0 aromatic heterocycles. The van der Waals surface area contributed by atoms with E-state index in [4.69, 9.17) is 4.74 Å². The summed E-state index contributed by atoms with van der Waals surface area (Å²) in [7, 11) is 0. The fraction of sp³-hybridized carbons (Fsp3) is 0.500. The van der Waals surface area contributed by atoms with Crippen LogP contribution < -0.4 is 0 Å². The van der Waals surface area contributed by atoms with Gasteiger partial charge in [0, 0.05) is 16.3 Å². The first-order valence-electron chi connectivity index (χ1n) is 5.13. The molecule has 1 saturated carbocycles. The third-order valence-electron chi connectivity index (χ3n) is 2.86. The van der Waals surface area contributed by atoms with Crippen molar-refractivity contribution in [2.24, 2.45) is 5.41 Å². The van der Waals surface area contributed by atoms with Crippen molar-refractivity contribution >= 4 is 15.9 Å². The molecule has 0 N–H and O–H groups in total. The lowest BCUT2D eigenvalue weighted by Crippen LogP contribution is -2.12. The second-order valence-electron chi connectivity index (χ2n) is 4.22. The largest absolute Gasteiger partial charge is 0.376 e. The molecule has 0 spiro atoms. The van der Waals surface area contributed by atoms with Crippen LogP contribution in [0, 0.1) is 11.2 Å². The van der Waals surface area contributed by atoms with E-state index < -0.39 is 0 Å². The summed E-state index contributed by atoms with van der Waals surface area (Å²) in [5, 5.41) is 0.983. The molecule has 0 atom stereocenters. The Morgan fingerprint density at radius 2 is 2.07 bits per heavy atom. The van der Waals surface area contributed by atoms with Crippen molar-refractivity contribution in [1.29, 1.82) is 0 Å². The molecule has 0 saturated heterocycles. The first-order chi connectivity index (χ1) is 7.26. The van der Waals surface area contributed by atoms with Crippen LogP contribution in [-0.2, 0) is 11.3 Å². The highest BCUT2D eigenvalue weighted by Gasteiger charge is 2.41. The van der Waals surface area contributed by atoms with Crippen molar-refractivity contribution in [3.05, 3.63) is 35.6 Å². The van der Waals surface area contributed by atoms with Crippen LogP contribution in [0.25, 0.3) is 0 Å². The highest BCUT2D eigenvalue weighted by Crippen LogP contribution is 2.47. The van der Waals surface area contributed by atoms with Crippen LogP contribution in [0.4, 0.5) is 4.39 Å². The molecule has 1 aliphatic carbocycles. The van der Waals surface area contributed by atoms with Crippen molar-refractivity contribution in [3.63, 3.8) is 0 Å². The SMILES string of the molecule is Fc1ccccc1COCC1(CBr)CC1. The number of hydrogen-bond donors (Lipinski definition) is 0.